The minimum Gasteiger partial charge on any atom is -0.508 e. The number of nitrogens with one attached hydrogen (secondary N) is 1. The molecule has 0 heterocycles. The lowest BCUT2D eigenvalue weighted by atomic mass is 10.0. The van der Waals surface area contributed by atoms with Crippen LogP contribution in [0.25, 0.3) is 0 Å². The fourth-order valence-corrected chi connectivity index (χ4v) is 3.08. The van der Waals surface area contributed by atoms with Gasteiger partial charge in [0.25, 0.3) is 0 Å². The van der Waals surface area contributed by atoms with Gasteiger partial charge in [-0.05, 0) is 67.1 Å². The average Bonchev–Trinajstić information content (AvgIpc) is 2.82. The van der Waals surface area contributed by atoms with Crippen LogP contribution in [0.15, 0.2) is 91.0 Å². The number of hydrogen-bond donors (Lipinski definition) is 3. The van der Waals surface area contributed by atoms with E-state index in [-0.39, 0.29) is 11.5 Å². The maximum absolute atomic E-state index is 12.7. The Morgan fingerprint density at radius 2 is 1.56 bits per heavy atom. The predicted molar refractivity (Wildman–Crippen MR) is 125 cm³/mol. The lowest BCUT2D eigenvalue weighted by molar-refractivity contribution is -0.131. The van der Waals surface area contributed by atoms with Gasteiger partial charge in [0.05, 0.1) is 0 Å². The summed E-state index contributed by atoms with van der Waals surface area (Å²) in [6.45, 7) is 1.44. The Balaban J connectivity index is 1.88. The fourth-order valence-electron chi connectivity index (χ4n) is 3.08. The Labute approximate surface area is 196 Å². The van der Waals surface area contributed by atoms with Gasteiger partial charge < -0.3 is 19.7 Å². The smallest absolute Gasteiger partial charge is 0.412 e. The number of benzene rings is 3. The van der Waals surface area contributed by atoms with Crippen LogP contribution in [0, 0.1) is 0 Å². The largest absolute Gasteiger partial charge is 0.508 e. The van der Waals surface area contributed by atoms with E-state index in [1.807, 2.05) is 0 Å². The van der Waals surface area contributed by atoms with Crippen molar-refractivity contribution < 1.29 is 34.1 Å². The number of anilines is 1. The van der Waals surface area contributed by atoms with E-state index in [1.54, 1.807) is 66.7 Å². The highest BCUT2D eigenvalue weighted by atomic mass is 16.6. The third-order valence-electron chi connectivity index (χ3n) is 4.74. The molecule has 0 bridgehead atoms. The molecule has 3 aromatic rings. The summed E-state index contributed by atoms with van der Waals surface area (Å²) >= 11 is 0. The van der Waals surface area contributed by atoms with Gasteiger partial charge in [-0.25, -0.2) is 9.59 Å². The number of carbonyl (C=O) groups is 3. The molecule has 0 aliphatic carbocycles. The minimum absolute atomic E-state index is 0.0131. The minimum atomic E-state index is -1.19. The van der Waals surface area contributed by atoms with Crippen molar-refractivity contribution in [2.45, 2.75) is 19.1 Å². The van der Waals surface area contributed by atoms with E-state index in [9.17, 15) is 19.5 Å². The van der Waals surface area contributed by atoms with E-state index in [0.717, 1.165) is 6.08 Å². The third-order valence-corrected chi connectivity index (χ3v) is 4.74. The molecule has 2 atom stereocenters. The molecule has 0 aliphatic heterocycles. The van der Waals surface area contributed by atoms with Crippen molar-refractivity contribution in [2.75, 3.05) is 5.32 Å². The number of phenols is 1. The zero-order valence-electron chi connectivity index (χ0n) is 18.3. The fraction of sp³-hybridized carbons (Fsp3) is 0.115. The van der Waals surface area contributed by atoms with Gasteiger partial charge in [-0.1, -0.05) is 30.3 Å². The van der Waals surface area contributed by atoms with E-state index >= 15 is 0 Å². The number of para-hydroxylation sites is 1. The number of amides is 1. The van der Waals surface area contributed by atoms with Crippen LogP contribution in [0.1, 0.15) is 28.9 Å². The number of carboxylic acid groups (broad SMARTS) is 1. The number of rotatable bonds is 9. The normalized spacial score (nSPS) is 12.5. The van der Waals surface area contributed by atoms with Gasteiger partial charge in [0.1, 0.15) is 11.5 Å². The van der Waals surface area contributed by atoms with Gasteiger partial charge in [0.2, 0.25) is 0 Å². The quantitative estimate of drug-likeness (QED) is 0.304. The number of Topliss-reactive ketones (excluding diaryl/α,β-unsaturated/α-hetero) is 1. The van der Waals surface area contributed by atoms with Crippen molar-refractivity contribution in [3.8, 4) is 11.5 Å². The zero-order chi connectivity index (χ0) is 24.5. The molecule has 3 N–H and O–H groups in total. The van der Waals surface area contributed by atoms with Gasteiger partial charge >= 0.3 is 12.1 Å². The molecule has 0 unspecified atom stereocenters. The van der Waals surface area contributed by atoms with Gasteiger partial charge in [-0.15, -0.1) is 0 Å². The number of carbonyl (C=O) groups excluding carboxylic acids is 2. The molecule has 8 nitrogen and oxygen atoms in total. The molecular formula is C26H23NO7. The van der Waals surface area contributed by atoms with Gasteiger partial charge in [-0.3, -0.25) is 10.1 Å². The second-order valence-electron chi connectivity index (χ2n) is 7.27. The number of carboxylic acids is 1. The standard InChI is InChI=1S/C26H23NO7/c1-17(28)18-7-11-20(12-8-18)27-26(32)34-25(19-9-13-21(29)14-10-19)23(15-16-24(30)31)33-22-5-3-2-4-6-22/h2-16,23,25,29H,1H3,(H,27,32)(H,30,31)/b16-15+/t23-,25-/m1/s1. The number of phenolic OH excluding ortho intramolecular Hbond substituents is 1. The first kappa shape index (κ1) is 24.1. The SMILES string of the molecule is CC(=O)c1ccc(NC(=O)O[C@H](c2ccc(O)cc2)[C@@H](/C=C/C(=O)O)Oc2ccccc2)cc1. The van der Waals surface area contributed by atoms with E-state index in [2.05, 4.69) is 5.32 Å². The molecule has 0 radical (unpaired) electrons. The van der Waals surface area contributed by atoms with Crippen LogP contribution in [0.5, 0.6) is 11.5 Å². The average molecular weight is 461 g/mol. The van der Waals surface area contributed by atoms with Crippen molar-refractivity contribution in [2.24, 2.45) is 0 Å². The lowest BCUT2D eigenvalue weighted by Crippen LogP contribution is -2.29. The molecule has 0 saturated heterocycles. The van der Waals surface area contributed by atoms with Crippen LogP contribution in [0.2, 0.25) is 0 Å². The summed E-state index contributed by atoms with van der Waals surface area (Å²) in [5.41, 5.74) is 1.37. The Morgan fingerprint density at radius 3 is 2.15 bits per heavy atom. The van der Waals surface area contributed by atoms with E-state index in [1.165, 1.54) is 25.1 Å². The molecule has 3 aromatic carbocycles. The van der Waals surface area contributed by atoms with Gasteiger partial charge in [0, 0.05) is 17.3 Å². The van der Waals surface area contributed by atoms with Gasteiger partial charge in [-0.2, -0.15) is 0 Å². The highest BCUT2D eigenvalue weighted by molar-refractivity contribution is 5.95. The van der Waals surface area contributed by atoms with Crippen LogP contribution in [0.4, 0.5) is 10.5 Å². The number of aliphatic carboxylic acids is 1. The second-order valence-corrected chi connectivity index (χ2v) is 7.27. The van der Waals surface area contributed by atoms with E-state index in [4.69, 9.17) is 14.6 Å². The van der Waals surface area contributed by atoms with Crippen molar-refractivity contribution in [1.82, 2.24) is 0 Å². The summed E-state index contributed by atoms with van der Waals surface area (Å²) in [6, 6.07) is 20.9. The predicted octanol–water partition coefficient (Wildman–Crippen LogP) is 4.97. The Kier molecular flexibility index (Phi) is 8.02. The van der Waals surface area contributed by atoms with Crippen molar-refractivity contribution >= 4 is 23.5 Å². The summed E-state index contributed by atoms with van der Waals surface area (Å²) in [5.74, 6) is -0.844. The van der Waals surface area contributed by atoms with E-state index < -0.39 is 24.3 Å². The first-order valence-electron chi connectivity index (χ1n) is 10.3. The number of aromatic hydroxyl groups is 1. The number of ketones is 1. The topological polar surface area (TPSA) is 122 Å². The molecule has 8 heteroatoms. The van der Waals surface area contributed by atoms with Crippen molar-refractivity contribution in [3.63, 3.8) is 0 Å². The molecule has 0 fully saturated rings. The molecule has 174 valence electrons. The monoisotopic (exact) mass is 461 g/mol. The van der Waals surface area contributed by atoms with Crippen molar-refractivity contribution in [1.29, 1.82) is 0 Å². The molecule has 3 rings (SSSR count). The highest BCUT2D eigenvalue weighted by Crippen LogP contribution is 2.28. The van der Waals surface area contributed by atoms with Crippen LogP contribution in [-0.2, 0) is 9.53 Å². The molecule has 0 spiro atoms. The molecule has 34 heavy (non-hydrogen) atoms. The third kappa shape index (κ3) is 6.96. The molecule has 0 saturated carbocycles. The Hall–Kier alpha value is -4.59. The summed E-state index contributed by atoms with van der Waals surface area (Å²) < 4.78 is 11.6. The van der Waals surface area contributed by atoms with Gasteiger partial charge in [0.15, 0.2) is 18.0 Å². The number of ether oxygens (including phenoxy) is 2. The summed E-state index contributed by atoms with van der Waals surface area (Å²) in [5, 5.41) is 21.4. The van der Waals surface area contributed by atoms with Crippen LogP contribution >= 0.6 is 0 Å². The van der Waals surface area contributed by atoms with Crippen LogP contribution < -0.4 is 10.1 Å². The highest BCUT2D eigenvalue weighted by Gasteiger charge is 2.28. The summed E-state index contributed by atoms with van der Waals surface area (Å²) in [6.07, 6.45) is -0.703. The van der Waals surface area contributed by atoms with Crippen LogP contribution in [-0.4, -0.2) is 34.2 Å². The summed E-state index contributed by atoms with van der Waals surface area (Å²) in [7, 11) is 0. The van der Waals surface area contributed by atoms with Crippen molar-refractivity contribution in [3.05, 3.63) is 102 Å². The summed E-state index contributed by atoms with van der Waals surface area (Å²) in [4.78, 5) is 35.4. The first-order chi connectivity index (χ1) is 16.3. The zero-order valence-corrected chi connectivity index (χ0v) is 18.3. The lowest BCUT2D eigenvalue weighted by Gasteiger charge is -2.26. The Bertz CT molecular complexity index is 1160. The number of hydrogen-bond acceptors (Lipinski definition) is 6. The molecule has 0 aromatic heterocycles. The maximum Gasteiger partial charge on any atom is 0.412 e. The molecule has 0 aliphatic rings. The second kappa shape index (κ2) is 11.3. The van der Waals surface area contributed by atoms with E-state index in [0.29, 0.717) is 22.6 Å². The Morgan fingerprint density at radius 1 is 0.912 bits per heavy atom. The first-order valence-corrected chi connectivity index (χ1v) is 10.3. The molecular weight excluding hydrogens is 438 g/mol. The molecule has 1 amide bonds. The maximum atomic E-state index is 12.7. The van der Waals surface area contributed by atoms with Crippen LogP contribution in [0.3, 0.4) is 0 Å².